The second-order valence-electron chi connectivity index (χ2n) is 7.22. The second kappa shape index (κ2) is 5.46. The molecule has 1 atom stereocenters. The third-order valence-electron chi connectivity index (χ3n) is 6.00. The van der Waals surface area contributed by atoms with Crippen LogP contribution in [0, 0.1) is 0 Å². The summed E-state index contributed by atoms with van der Waals surface area (Å²) in [5.41, 5.74) is 3.67. The van der Waals surface area contributed by atoms with E-state index in [-0.39, 0.29) is 11.8 Å². The number of hydrogen-bond acceptors (Lipinski definition) is 2. The molecule has 5 rings (SSSR count). The van der Waals surface area contributed by atoms with Crippen molar-refractivity contribution >= 4 is 28.4 Å². The molecule has 1 N–H and O–H groups in total. The summed E-state index contributed by atoms with van der Waals surface area (Å²) < 4.78 is 0. The molecule has 5 heteroatoms. The number of nitrogens with zero attached hydrogens (tertiary/aromatic N) is 2. The monoisotopic (exact) mass is 359 g/mol. The summed E-state index contributed by atoms with van der Waals surface area (Å²) in [6.45, 7) is 4.63. The number of benzene rings is 2. The first-order chi connectivity index (χ1) is 13.1. The van der Waals surface area contributed by atoms with Crippen LogP contribution in [0.3, 0.4) is 0 Å². The van der Waals surface area contributed by atoms with E-state index in [9.17, 15) is 9.59 Å². The van der Waals surface area contributed by atoms with Gasteiger partial charge in [0.2, 0.25) is 5.91 Å². The lowest BCUT2D eigenvalue weighted by Crippen LogP contribution is -2.58. The van der Waals surface area contributed by atoms with Crippen LogP contribution in [-0.4, -0.2) is 34.8 Å². The van der Waals surface area contributed by atoms with Crippen molar-refractivity contribution in [3.63, 3.8) is 0 Å². The zero-order valence-electron chi connectivity index (χ0n) is 15.5. The van der Waals surface area contributed by atoms with Crippen LogP contribution in [-0.2, 0) is 21.5 Å². The number of amides is 2. The van der Waals surface area contributed by atoms with Crippen molar-refractivity contribution in [2.45, 2.75) is 25.8 Å². The molecule has 136 valence electrons. The van der Waals surface area contributed by atoms with E-state index in [1.165, 1.54) is 0 Å². The molecular formula is C22H21N3O2. The van der Waals surface area contributed by atoms with E-state index in [1.54, 1.807) is 16.7 Å². The average Bonchev–Trinajstić information content (AvgIpc) is 3.17. The van der Waals surface area contributed by atoms with Crippen LogP contribution < -0.4 is 4.90 Å². The Morgan fingerprint density at radius 2 is 1.89 bits per heavy atom. The summed E-state index contributed by atoms with van der Waals surface area (Å²) in [5.74, 6) is -0.130. The molecule has 2 aromatic carbocycles. The molecule has 2 amide bonds. The lowest BCUT2D eigenvalue weighted by molar-refractivity contribution is -0.143. The van der Waals surface area contributed by atoms with Crippen molar-refractivity contribution in [2.24, 2.45) is 0 Å². The van der Waals surface area contributed by atoms with E-state index < -0.39 is 5.54 Å². The molecule has 0 fully saturated rings. The third kappa shape index (κ3) is 1.84. The summed E-state index contributed by atoms with van der Waals surface area (Å²) in [4.78, 5) is 33.6. The van der Waals surface area contributed by atoms with E-state index in [0.29, 0.717) is 13.1 Å². The summed E-state index contributed by atoms with van der Waals surface area (Å²) in [6.07, 6.45) is 0.738. The first-order valence-corrected chi connectivity index (χ1v) is 9.40. The molecule has 3 heterocycles. The average molecular weight is 359 g/mol. The van der Waals surface area contributed by atoms with Crippen LogP contribution in [0.25, 0.3) is 10.9 Å². The predicted molar refractivity (Wildman–Crippen MR) is 105 cm³/mol. The van der Waals surface area contributed by atoms with E-state index >= 15 is 0 Å². The number of fused-ring (bicyclic) bond motifs is 6. The van der Waals surface area contributed by atoms with E-state index in [1.807, 2.05) is 49.4 Å². The third-order valence-corrected chi connectivity index (χ3v) is 6.00. The number of anilines is 1. The minimum atomic E-state index is -1.11. The van der Waals surface area contributed by atoms with Crippen molar-refractivity contribution in [1.29, 1.82) is 0 Å². The molecule has 1 aromatic heterocycles. The zero-order valence-corrected chi connectivity index (χ0v) is 15.5. The van der Waals surface area contributed by atoms with Gasteiger partial charge in [0, 0.05) is 36.5 Å². The van der Waals surface area contributed by atoms with Gasteiger partial charge < -0.3 is 14.8 Å². The molecule has 3 aromatic rings. The standard InChI is InChI=1S/C22H21N3O2/c1-3-24-19-11-7-5-9-17(19)22(21(24)27)20-16(12-13-25(22)14(2)26)15-8-4-6-10-18(15)23-20/h4-11,23H,3,12-13H2,1-2H3. The van der Waals surface area contributed by atoms with Crippen LogP contribution >= 0.6 is 0 Å². The van der Waals surface area contributed by atoms with Crippen molar-refractivity contribution in [3.05, 3.63) is 65.4 Å². The van der Waals surface area contributed by atoms with Crippen LogP contribution in [0.1, 0.15) is 30.7 Å². The van der Waals surface area contributed by atoms with Gasteiger partial charge in [-0.25, -0.2) is 0 Å². The van der Waals surface area contributed by atoms with Crippen LogP contribution in [0.5, 0.6) is 0 Å². The molecule has 1 unspecified atom stereocenters. The minimum absolute atomic E-state index is 0.0473. The first-order valence-electron chi connectivity index (χ1n) is 9.40. The number of H-pyrrole nitrogens is 1. The first kappa shape index (κ1) is 16.1. The van der Waals surface area contributed by atoms with Crippen LogP contribution in [0.2, 0.25) is 0 Å². The van der Waals surface area contributed by atoms with Crippen molar-refractivity contribution in [2.75, 3.05) is 18.0 Å². The fourth-order valence-electron chi connectivity index (χ4n) is 4.94. The van der Waals surface area contributed by atoms with Gasteiger partial charge in [0.15, 0.2) is 5.54 Å². The Morgan fingerprint density at radius 1 is 1.15 bits per heavy atom. The summed E-state index contributed by atoms with van der Waals surface area (Å²) in [7, 11) is 0. The van der Waals surface area contributed by atoms with E-state index in [4.69, 9.17) is 0 Å². The molecule has 0 saturated carbocycles. The molecule has 0 bridgehead atoms. The quantitative estimate of drug-likeness (QED) is 0.725. The van der Waals surface area contributed by atoms with Gasteiger partial charge in [0.1, 0.15) is 0 Å². The Morgan fingerprint density at radius 3 is 2.67 bits per heavy atom. The lowest BCUT2D eigenvalue weighted by atomic mass is 9.80. The maximum Gasteiger partial charge on any atom is 0.263 e. The molecule has 5 nitrogen and oxygen atoms in total. The SMILES string of the molecule is CCN1C(=O)C2(c3ccccc31)c1[nH]c3ccccc3c1CCN2C(C)=O. The van der Waals surface area contributed by atoms with Gasteiger partial charge in [0.05, 0.1) is 11.4 Å². The van der Waals surface area contributed by atoms with Crippen molar-refractivity contribution in [1.82, 2.24) is 9.88 Å². The van der Waals surface area contributed by atoms with Gasteiger partial charge in [-0.1, -0.05) is 36.4 Å². The highest BCUT2D eigenvalue weighted by molar-refractivity contribution is 6.12. The summed E-state index contributed by atoms with van der Waals surface area (Å²) in [5, 5.41) is 1.13. The number of para-hydroxylation sites is 2. The number of likely N-dealkylation sites (N-methyl/N-ethyl adjacent to an activating group) is 1. The molecule has 0 saturated heterocycles. The summed E-state index contributed by atoms with van der Waals surface area (Å²) in [6, 6.07) is 16.0. The van der Waals surface area contributed by atoms with Crippen LogP contribution in [0.15, 0.2) is 48.5 Å². The highest BCUT2D eigenvalue weighted by Gasteiger charge is 2.59. The normalized spacial score (nSPS) is 21.0. The number of nitrogens with one attached hydrogen (secondary N) is 1. The number of carbonyl (C=O) groups excluding carboxylic acids is 2. The highest BCUT2D eigenvalue weighted by atomic mass is 16.2. The maximum atomic E-state index is 13.8. The zero-order chi connectivity index (χ0) is 18.8. The number of aromatic amines is 1. The van der Waals surface area contributed by atoms with Gasteiger partial charge in [-0.2, -0.15) is 0 Å². The number of carbonyl (C=O) groups is 2. The van der Waals surface area contributed by atoms with Gasteiger partial charge in [-0.15, -0.1) is 0 Å². The maximum absolute atomic E-state index is 13.8. The Labute approximate surface area is 157 Å². The molecule has 2 aliphatic heterocycles. The molecule has 27 heavy (non-hydrogen) atoms. The Kier molecular flexibility index (Phi) is 3.26. The number of aromatic nitrogens is 1. The highest BCUT2D eigenvalue weighted by Crippen LogP contribution is 2.51. The molecule has 0 radical (unpaired) electrons. The van der Waals surface area contributed by atoms with Crippen molar-refractivity contribution < 1.29 is 9.59 Å². The topological polar surface area (TPSA) is 56.4 Å². The largest absolute Gasteiger partial charge is 0.355 e. The summed E-state index contributed by atoms with van der Waals surface area (Å²) >= 11 is 0. The van der Waals surface area contributed by atoms with Gasteiger partial charge in [-0.05, 0) is 31.0 Å². The van der Waals surface area contributed by atoms with Gasteiger partial charge in [0.25, 0.3) is 5.91 Å². The Hall–Kier alpha value is -3.08. The van der Waals surface area contributed by atoms with E-state index in [2.05, 4.69) is 11.1 Å². The fourth-order valence-corrected chi connectivity index (χ4v) is 4.94. The van der Waals surface area contributed by atoms with Gasteiger partial charge >= 0.3 is 0 Å². The predicted octanol–water partition coefficient (Wildman–Crippen LogP) is 3.18. The minimum Gasteiger partial charge on any atom is -0.355 e. The molecule has 2 aliphatic rings. The lowest BCUT2D eigenvalue weighted by Gasteiger charge is -2.43. The fraction of sp³-hybridized carbons (Fsp3) is 0.273. The van der Waals surface area contributed by atoms with Crippen molar-refractivity contribution in [3.8, 4) is 0 Å². The molecule has 1 spiro atoms. The van der Waals surface area contributed by atoms with E-state index in [0.717, 1.165) is 39.8 Å². The Balaban J connectivity index is 1.91. The number of rotatable bonds is 1. The van der Waals surface area contributed by atoms with Gasteiger partial charge in [-0.3, -0.25) is 9.59 Å². The van der Waals surface area contributed by atoms with Crippen LogP contribution in [0.4, 0.5) is 5.69 Å². The molecule has 0 aliphatic carbocycles. The Bertz CT molecular complexity index is 1100. The molecular weight excluding hydrogens is 338 g/mol. The second-order valence-corrected chi connectivity index (χ2v) is 7.22. The smallest absolute Gasteiger partial charge is 0.263 e. The number of hydrogen-bond donors (Lipinski definition) is 1.